The Morgan fingerprint density at radius 1 is 1.12 bits per heavy atom. The van der Waals surface area contributed by atoms with Gasteiger partial charge in [0, 0.05) is 18.2 Å². The van der Waals surface area contributed by atoms with Crippen LogP contribution in [0.5, 0.6) is 0 Å². The van der Waals surface area contributed by atoms with Crippen molar-refractivity contribution in [2.24, 2.45) is 0 Å². The van der Waals surface area contributed by atoms with Crippen molar-refractivity contribution in [2.75, 3.05) is 37.5 Å². The zero-order chi connectivity index (χ0) is 23.8. The highest BCUT2D eigenvalue weighted by Gasteiger charge is 2.50. The molecule has 0 radical (unpaired) electrons. The zero-order valence-electron chi connectivity index (χ0n) is 20.5. The molecule has 1 aromatic heterocycles. The van der Waals surface area contributed by atoms with Crippen LogP contribution in [0.2, 0.25) is 0 Å². The summed E-state index contributed by atoms with van der Waals surface area (Å²) in [6, 6.07) is 11.0. The molecule has 1 saturated carbocycles. The molecule has 1 aromatic carbocycles. The summed E-state index contributed by atoms with van der Waals surface area (Å²) in [6.07, 6.45) is 9.53. The van der Waals surface area contributed by atoms with Crippen molar-refractivity contribution >= 4 is 17.7 Å². The minimum absolute atomic E-state index is 0.00272. The molecular weight excluding hydrogens is 428 g/mol. The van der Waals surface area contributed by atoms with E-state index in [1.54, 1.807) is 17.3 Å². The summed E-state index contributed by atoms with van der Waals surface area (Å²) < 4.78 is 5.62. The maximum atomic E-state index is 13.0. The number of ether oxygens (including phenoxy) is 1. The number of anilines is 2. The quantitative estimate of drug-likeness (QED) is 0.701. The maximum Gasteiger partial charge on any atom is 0.322 e. The van der Waals surface area contributed by atoms with E-state index >= 15 is 0 Å². The standard InChI is InChI=1S/C26H36N6O2/c1-19-15-21(9-14-34-19)29-23-27-16-22(17-28-23)32-18-25(30-24(32)33)10-12-26(13-11-25,31(2)3)20-7-5-4-6-8-20/h4-8,16-17,19,21H,9-15,18H2,1-3H3,(H,30,33)(H,27,28,29). The Kier molecular flexibility index (Phi) is 6.20. The van der Waals surface area contributed by atoms with Crippen LogP contribution < -0.4 is 15.5 Å². The largest absolute Gasteiger partial charge is 0.378 e. The van der Waals surface area contributed by atoms with Crippen LogP contribution in [0.25, 0.3) is 0 Å². The summed E-state index contributed by atoms with van der Waals surface area (Å²) in [6.45, 7) is 3.50. The molecule has 8 nitrogen and oxygen atoms in total. The fraction of sp³-hybridized carbons (Fsp3) is 0.577. The monoisotopic (exact) mass is 464 g/mol. The van der Waals surface area contributed by atoms with Crippen molar-refractivity contribution < 1.29 is 9.53 Å². The van der Waals surface area contributed by atoms with Crippen molar-refractivity contribution in [3.05, 3.63) is 48.3 Å². The summed E-state index contributed by atoms with van der Waals surface area (Å²) >= 11 is 0. The minimum atomic E-state index is -0.208. The smallest absolute Gasteiger partial charge is 0.322 e. The molecule has 34 heavy (non-hydrogen) atoms. The lowest BCUT2D eigenvalue weighted by Gasteiger charge is -2.48. The van der Waals surface area contributed by atoms with Gasteiger partial charge in [-0.2, -0.15) is 0 Å². The molecule has 8 heteroatoms. The highest BCUT2D eigenvalue weighted by molar-refractivity contribution is 5.95. The van der Waals surface area contributed by atoms with E-state index in [0.717, 1.165) is 50.8 Å². The average molecular weight is 465 g/mol. The normalized spacial score (nSPS) is 31.6. The predicted octanol–water partition coefficient (Wildman–Crippen LogP) is 3.76. The molecule has 0 bridgehead atoms. The van der Waals surface area contributed by atoms with Crippen LogP contribution in [0, 0.1) is 0 Å². The third-order valence-corrected chi connectivity index (χ3v) is 8.05. The van der Waals surface area contributed by atoms with E-state index < -0.39 is 0 Å². The molecule has 1 spiro atoms. The first kappa shape index (κ1) is 23.1. The van der Waals surface area contributed by atoms with Gasteiger partial charge in [0.05, 0.1) is 36.3 Å². The summed E-state index contributed by atoms with van der Waals surface area (Å²) in [7, 11) is 4.33. The van der Waals surface area contributed by atoms with Crippen LogP contribution in [0.4, 0.5) is 16.4 Å². The lowest BCUT2D eigenvalue weighted by atomic mass is 9.69. The van der Waals surface area contributed by atoms with Crippen LogP contribution in [0.3, 0.4) is 0 Å². The third-order valence-electron chi connectivity index (χ3n) is 8.05. The Hall–Kier alpha value is -2.71. The van der Waals surface area contributed by atoms with Crippen molar-refractivity contribution in [1.29, 1.82) is 0 Å². The number of hydrogen-bond acceptors (Lipinski definition) is 6. The molecule has 2 N–H and O–H groups in total. The summed E-state index contributed by atoms with van der Waals surface area (Å²) in [5.74, 6) is 0.605. The van der Waals surface area contributed by atoms with Gasteiger partial charge in [-0.1, -0.05) is 30.3 Å². The van der Waals surface area contributed by atoms with Crippen LogP contribution >= 0.6 is 0 Å². The van der Waals surface area contributed by atoms with Gasteiger partial charge in [0.15, 0.2) is 0 Å². The number of amides is 2. The summed E-state index contributed by atoms with van der Waals surface area (Å²) in [5.41, 5.74) is 1.89. The number of urea groups is 1. The van der Waals surface area contributed by atoms with Crippen LogP contribution in [0.15, 0.2) is 42.7 Å². The predicted molar refractivity (Wildman–Crippen MR) is 133 cm³/mol. The molecular formula is C26H36N6O2. The molecule has 2 amide bonds. The number of aromatic nitrogens is 2. The first-order valence-electron chi connectivity index (χ1n) is 12.4. The maximum absolute atomic E-state index is 13.0. The van der Waals surface area contributed by atoms with E-state index in [1.165, 1.54) is 5.56 Å². The molecule has 2 saturated heterocycles. The van der Waals surface area contributed by atoms with Gasteiger partial charge in [0.25, 0.3) is 0 Å². The Bertz CT molecular complexity index is 988. The van der Waals surface area contributed by atoms with Crippen LogP contribution in [0.1, 0.15) is 51.0 Å². The van der Waals surface area contributed by atoms with Crippen molar-refractivity contribution in [3.63, 3.8) is 0 Å². The van der Waals surface area contributed by atoms with E-state index in [1.807, 2.05) is 0 Å². The number of nitrogens with zero attached hydrogens (tertiary/aromatic N) is 4. The fourth-order valence-corrected chi connectivity index (χ4v) is 5.93. The van der Waals surface area contributed by atoms with Gasteiger partial charge in [-0.25, -0.2) is 14.8 Å². The van der Waals surface area contributed by atoms with E-state index in [4.69, 9.17) is 4.74 Å². The van der Waals surface area contributed by atoms with Crippen molar-refractivity contribution in [3.8, 4) is 0 Å². The van der Waals surface area contributed by atoms with E-state index in [2.05, 4.69) is 76.9 Å². The third kappa shape index (κ3) is 4.36. The Labute approximate surface area is 202 Å². The van der Waals surface area contributed by atoms with Crippen molar-refractivity contribution in [2.45, 2.75) is 68.7 Å². The fourth-order valence-electron chi connectivity index (χ4n) is 5.93. The molecule has 2 aliphatic heterocycles. The number of benzene rings is 1. The number of nitrogens with one attached hydrogen (secondary N) is 2. The molecule has 5 rings (SSSR count). The number of carbonyl (C=O) groups is 1. The Balaban J connectivity index is 1.25. The number of hydrogen-bond donors (Lipinski definition) is 2. The highest BCUT2D eigenvalue weighted by atomic mass is 16.5. The van der Waals surface area contributed by atoms with Gasteiger partial charge in [-0.05, 0) is 65.1 Å². The second-order valence-electron chi connectivity index (χ2n) is 10.4. The topological polar surface area (TPSA) is 82.6 Å². The minimum Gasteiger partial charge on any atom is -0.378 e. The number of carbonyl (C=O) groups excluding carboxylic acids is 1. The Morgan fingerprint density at radius 2 is 1.82 bits per heavy atom. The van der Waals surface area contributed by atoms with Gasteiger partial charge in [-0.15, -0.1) is 0 Å². The van der Waals surface area contributed by atoms with Gasteiger partial charge in [0.2, 0.25) is 5.95 Å². The summed E-state index contributed by atoms with van der Waals surface area (Å²) in [5, 5.41) is 6.72. The highest BCUT2D eigenvalue weighted by Crippen LogP contribution is 2.46. The average Bonchev–Trinajstić information content (AvgIpc) is 3.16. The van der Waals surface area contributed by atoms with E-state index in [0.29, 0.717) is 18.5 Å². The molecule has 1 aliphatic carbocycles. The SMILES string of the molecule is CC1CC(Nc2ncc(N3CC4(CCC(c5ccccc5)(N(C)C)CC4)NC3=O)cn2)CCO1. The van der Waals surface area contributed by atoms with E-state index in [-0.39, 0.29) is 23.2 Å². The van der Waals surface area contributed by atoms with E-state index in [9.17, 15) is 4.79 Å². The summed E-state index contributed by atoms with van der Waals surface area (Å²) in [4.78, 5) is 26.1. The molecule has 3 aliphatic rings. The second kappa shape index (κ2) is 9.15. The zero-order valence-corrected chi connectivity index (χ0v) is 20.5. The Morgan fingerprint density at radius 3 is 2.47 bits per heavy atom. The molecule has 3 fully saturated rings. The van der Waals surface area contributed by atoms with Gasteiger partial charge in [-0.3, -0.25) is 9.80 Å². The lowest BCUT2D eigenvalue weighted by Crippen LogP contribution is -2.54. The van der Waals surface area contributed by atoms with Crippen LogP contribution in [-0.4, -0.2) is 65.8 Å². The van der Waals surface area contributed by atoms with Crippen LogP contribution in [-0.2, 0) is 10.3 Å². The molecule has 2 atom stereocenters. The molecule has 2 unspecified atom stereocenters. The first-order chi connectivity index (χ1) is 16.4. The number of rotatable bonds is 5. The molecule has 182 valence electrons. The van der Waals surface area contributed by atoms with Crippen molar-refractivity contribution in [1.82, 2.24) is 20.2 Å². The van der Waals surface area contributed by atoms with Gasteiger partial charge < -0.3 is 15.4 Å². The van der Waals surface area contributed by atoms with Gasteiger partial charge in [0.1, 0.15) is 0 Å². The second-order valence-corrected chi connectivity index (χ2v) is 10.4. The molecule has 3 heterocycles. The lowest BCUT2D eigenvalue weighted by molar-refractivity contribution is 0.0231. The van der Waals surface area contributed by atoms with Gasteiger partial charge >= 0.3 is 6.03 Å². The molecule has 2 aromatic rings. The first-order valence-corrected chi connectivity index (χ1v) is 12.4.